The first-order chi connectivity index (χ1) is 6.70. The van der Waals surface area contributed by atoms with Crippen LogP contribution in [-0.2, 0) is 7.05 Å². The summed E-state index contributed by atoms with van der Waals surface area (Å²) in [7, 11) is 1.81. The first-order valence-electron chi connectivity index (χ1n) is 4.27. The van der Waals surface area contributed by atoms with E-state index < -0.39 is 0 Å². The predicted molar refractivity (Wildman–Crippen MR) is 53.4 cm³/mol. The Morgan fingerprint density at radius 1 is 1.43 bits per heavy atom. The molecule has 2 aromatic rings. The summed E-state index contributed by atoms with van der Waals surface area (Å²) in [6.45, 7) is 1.92. The highest BCUT2D eigenvalue weighted by atomic mass is 15.3. The summed E-state index contributed by atoms with van der Waals surface area (Å²) < 4.78 is 1.64. The lowest BCUT2D eigenvalue weighted by molar-refractivity contribution is 0.780. The molecule has 0 atom stereocenters. The van der Waals surface area contributed by atoms with Crippen LogP contribution in [0.1, 0.15) is 5.56 Å². The van der Waals surface area contributed by atoms with Crippen LogP contribution in [-0.4, -0.2) is 20.0 Å². The molecule has 72 valence electrons. The zero-order chi connectivity index (χ0) is 10.1. The van der Waals surface area contributed by atoms with Crippen molar-refractivity contribution in [2.75, 3.05) is 5.73 Å². The summed E-state index contributed by atoms with van der Waals surface area (Å²) in [5.74, 6) is 0.658. The van der Waals surface area contributed by atoms with Crippen molar-refractivity contribution in [3.8, 4) is 11.4 Å². The van der Waals surface area contributed by atoms with Crippen LogP contribution in [0.5, 0.6) is 0 Å². The van der Waals surface area contributed by atoms with Gasteiger partial charge >= 0.3 is 0 Å². The van der Waals surface area contributed by atoms with Gasteiger partial charge < -0.3 is 5.73 Å². The summed E-state index contributed by atoms with van der Waals surface area (Å²) in [5.41, 5.74) is 8.27. The number of aromatic nitrogens is 4. The second kappa shape index (κ2) is 3.10. The molecule has 0 aromatic carbocycles. The van der Waals surface area contributed by atoms with Gasteiger partial charge in [0.1, 0.15) is 17.2 Å². The van der Waals surface area contributed by atoms with E-state index in [4.69, 9.17) is 5.73 Å². The Kier molecular flexibility index (Phi) is 1.92. The normalized spacial score (nSPS) is 10.4. The fourth-order valence-corrected chi connectivity index (χ4v) is 1.31. The third-order valence-electron chi connectivity index (χ3n) is 2.15. The summed E-state index contributed by atoms with van der Waals surface area (Å²) in [6, 6.07) is 3.69. The molecule has 0 unspecified atom stereocenters. The van der Waals surface area contributed by atoms with Crippen LogP contribution in [0.3, 0.4) is 0 Å². The van der Waals surface area contributed by atoms with Crippen molar-refractivity contribution in [3.05, 3.63) is 23.9 Å². The van der Waals surface area contributed by atoms with Crippen LogP contribution in [0, 0.1) is 6.92 Å². The quantitative estimate of drug-likeness (QED) is 0.719. The second-order valence-corrected chi connectivity index (χ2v) is 3.09. The van der Waals surface area contributed by atoms with Crippen molar-refractivity contribution >= 4 is 5.82 Å². The summed E-state index contributed by atoms with van der Waals surface area (Å²) >= 11 is 0. The molecule has 0 aliphatic carbocycles. The highest BCUT2D eigenvalue weighted by Gasteiger charge is 2.11. The molecule has 0 aliphatic heterocycles. The first kappa shape index (κ1) is 8.68. The van der Waals surface area contributed by atoms with E-state index in [2.05, 4.69) is 15.3 Å². The van der Waals surface area contributed by atoms with Crippen molar-refractivity contribution in [2.45, 2.75) is 6.92 Å². The van der Waals surface area contributed by atoms with Gasteiger partial charge in [0.25, 0.3) is 0 Å². The molecular weight excluding hydrogens is 178 g/mol. The third kappa shape index (κ3) is 1.22. The largest absolute Gasteiger partial charge is 0.384 e. The van der Waals surface area contributed by atoms with Crippen LogP contribution in [0.15, 0.2) is 18.3 Å². The predicted octanol–water partition coefficient (Wildman–Crippen LogP) is 0.768. The number of nitrogens with two attached hydrogens (primary N) is 1. The third-order valence-corrected chi connectivity index (χ3v) is 2.15. The van der Waals surface area contributed by atoms with Crippen LogP contribution in [0.25, 0.3) is 11.4 Å². The minimum atomic E-state index is 0.658. The summed E-state index contributed by atoms with van der Waals surface area (Å²) in [6.07, 6.45) is 1.63. The topological polar surface area (TPSA) is 69.6 Å². The molecule has 0 amide bonds. The van der Waals surface area contributed by atoms with Crippen molar-refractivity contribution < 1.29 is 0 Å². The van der Waals surface area contributed by atoms with Crippen molar-refractivity contribution in [1.29, 1.82) is 0 Å². The standard InChI is InChI=1S/C9H11N5/c1-6-8(13-14(2)9(6)10)7-4-3-5-11-12-7/h3-5H,10H2,1-2H3. The number of hydrogen-bond acceptors (Lipinski definition) is 4. The van der Waals surface area contributed by atoms with Gasteiger partial charge in [0.15, 0.2) is 0 Å². The van der Waals surface area contributed by atoms with Gasteiger partial charge in [-0.2, -0.15) is 10.2 Å². The van der Waals surface area contributed by atoms with Gasteiger partial charge in [0.05, 0.1) is 0 Å². The Labute approximate surface area is 81.6 Å². The van der Waals surface area contributed by atoms with E-state index in [-0.39, 0.29) is 0 Å². The van der Waals surface area contributed by atoms with Crippen LogP contribution >= 0.6 is 0 Å². The molecule has 2 aromatic heterocycles. The zero-order valence-corrected chi connectivity index (χ0v) is 8.10. The monoisotopic (exact) mass is 189 g/mol. The molecule has 2 N–H and O–H groups in total. The van der Waals surface area contributed by atoms with E-state index in [1.807, 2.05) is 26.1 Å². The van der Waals surface area contributed by atoms with Crippen molar-refractivity contribution in [1.82, 2.24) is 20.0 Å². The smallest absolute Gasteiger partial charge is 0.124 e. The lowest BCUT2D eigenvalue weighted by atomic mass is 10.2. The number of aryl methyl sites for hydroxylation is 1. The van der Waals surface area contributed by atoms with E-state index in [1.165, 1.54) is 0 Å². The lowest BCUT2D eigenvalue weighted by Gasteiger charge is -1.94. The molecule has 5 nitrogen and oxygen atoms in total. The molecule has 2 heterocycles. The van der Waals surface area contributed by atoms with Crippen LogP contribution in [0.2, 0.25) is 0 Å². The van der Waals surface area contributed by atoms with Gasteiger partial charge in [0.2, 0.25) is 0 Å². The molecule has 0 saturated heterocycles. The van der Waals surface area contributed by atoms with Gasteiger partial charge in [-0.3, -0.25) is 4.68 Å². The summed E-state index contributed by atoms with van der Waals surface area (Å²) in [5, 5.41) is 12.1. The van der Waals surface area contributed by atoms with Crippen LogP contribution < -0.4 is 5.73 Å². The maximum atomic E-state index is 5.79. The van der Waals surface area contributed by atoms with E-state index in [0.29, 0.717) is 5.82 Å². The molecule has 0 spiro atoms. The molecule has 0 aliphatic rings. The Hall–Kier alpha value is -1.91. The van der Waals surface area contributed by atoms with Gasteiger partial charge in [-0.1, -0.05) is 0 Å². The Morgan fingerprint density at radius 2 is 2.21 bits per heavy atom. The molecular formula is C9H11N5. The lowest BCUT2D eigenvalue weighted by Crippen LogP contribution is -1.97. The Balaban J connectivity index is 2.58. The van der Waals surface area contributed by atoms with Crippen LogP contribution in [0.4, 0.5) is 5.82 Å². The van der Waals surface area contributed by atoms with E-state index in [1.54, 1.807) is 10.9 Å². The molecule has 14 heavy (non-hydrogen) atoms. The molecule has 0 bridgehead atoms. The number of anilines is 1. The number of hydrogen-bond donors (Lipinski definition) is 1. The van der Waals surface area contributed by atoms with E-state index in [0.717, 1.165) is 17.0 Å². The SMILES string of the molecule is Cc1c(-c2cccnn2)nn(C)c1N. The highest BCUT2D eigenvalue weighted by molar-refractivity contribution is 5.64. The minimum Gasteiger partial charge on any atom is -0.384 e. The first-order valence-corrected chi connectivity index (χ1v) is 4.27. The molecule has 0 fully saturated rings. The fourth-order valence-electron chi connectivity index (χ4n) is 1.31. The molecule has 0 saturated carbocycles. The Bertz CT molecular complexity index is 446. The number of nitrogens with zero attached hydrogens (tertiary/aromatic N) is 4. The average molecular weight is 189 g/mol. The number of nitrogen functional groups attached to an aromatic ring is 1. The fraction of sp³-hybridized carbons (Fsp3) is 0.222. The maximum absolute atomic E-state index is 5.79. The molecule has 0 radical (unpaired) electrons. The minimum absolute atomic E-state index is 0.658. The number of rotatable bonds is 1. The Morgan fingerprint density at radius 3 is 2.71 bits per heavy atom. The second-order valence-electron chi connectivity index (χ2n) is 3.09. The molecule has 5 heteroatoms. The van der Waals surface area contributed by atoms with Gasteiger partial charge in [-0.25, -0.2) is 0 Å². The average Bonchev–Trinajstić information content (AvgIpc) is 2.47. The maximum Gasteiger partial charge on any atom is 0.124 e. The zero-order valence-electron chi connectivity index (χ0n) is 8.10. The summed E-state index contributed by atoms with van der Waals surface area (Å²) in [4.78, 5) is 0. The highest BCUT2D eigenvalue weighted by Crippen LogP contribution is 2.22. The molecule has 2 rings (SSSR count). The van der Waals surface area contributed by atoms with Gasteiger partial charge in [-0.15, -0.1) is 5.10 Å². The van der Waals surface area contributed by atoms with Crippen molar-refractivity contribution in [2.24, 2.45) is 7.05 Å². The van der Waals surface area contributed by atoms with Gasteiger partial charge in [-0.05, 0) is 19.1 Å². The van der Waals surface area contributed by atoms with E-state index in [9.17, 15) is 0 Å². The van der Waals surface area contributed by atoms with Gasteiger partial charge in [0, 0.05) is 18.8 Å². The van der Waals surface area contributed by atoms with Crippen molar-refractivity contribution in [3.63, 3.8) is 0 Å². The van der Waals surface area contributed by atoms with E-state index >= 15 is 0 Å².